The molecule has 3 aromatic carbocycles. The fourth-order valence-electron chi connectivity index (χ4n) is 3.93. The van der Waals surface area contributed by atoms with E-state index in [9.17, 15) is 0 Å². The van der Waals surface area contributed by atoms with Crippen LogP contribution in [0.1, 0.15) is 50.8 Å². The Morgan fingerprint density at radius 3 is 1.07 bits per heavy atom. The fraction of sp³-hybridized carbons (Fsp3) is 0.333. The molecule has 2 heteroatoms. The molecule has 0 aliphatic rings. The lowest BCUT2D eigenvalue weighted by molar-refractivity contribution is 0.323. The summed E-state index contributed by atoms with van der Waals surface area (Å²) in [6.07, 6.45) is 4.19. The Kier molecular flexibility index (Phi) is 7.46. The molecule has 0 atom stereocenters. The van der Waals surface area contributed by atoms with Crippen LogP contribution in [0.2, 0.25) is 0 Å². The van der Waals surface area contributed by atoms with Gasteiger partial charge in [-0.25, -0.2) is 0 Å². The van der Waals surface area contributed by atoms with Gasteiger partial charge in [0.1, 0.15) is 0 Å². The van der Waals surface area contributed by atoms with Crippen molar-refractivity contribution in [1.82, 2.24) is 0 Å². The summed E-state index contributed by atoms with van der Waals surface area (Å²) in [5.74, 6) is 0. The molecule has 0 unspecified atom stereocenters. The van der Waals surface area contributed by atoms with Crippen molar-refractivity contribution in [1.29, 1.82) is 0 Å². The van der Waals surface area contributed by atoms with Crippen LogP contribution in [-0.2, 0) is 23.7 Å². The fourth-order valence-corrected chi connectivity index (χ4v) is 7.85. The maximum Gasteiger partial charge on any atom is 0.288 e. The first kappa shape index (κ1) is 21.5. The quantitative estimate of drug-likeness (QED) is 0.370. The van der Waals surface area contributed by atoms with Gasteiger partial charge in [0.15, 0.2) is 0 Å². The van der Waals surface area contributed by atoms with Crippen molar-refractivity contribution in [2.75, 3.05) is 6.61 Å². The van der Waals surface area contributed by atoms with E-state index in [2.05, 4.69) is 100 Å². The minimum Gasteiger partial charge on any atom is -0.404 e. The number of benzene rings is 3. The molecule has 0 N–H and O–H groups in total. The summed E-state index contributed by atoms with van der Waals surface area (Å²) in [5, 5.41) is 3.99. The van der Waals surface area contributed by atoms with Crippen LogP contribution in [0.3, 0.4) is 0 Å². The molecule has 0 spiro atoms. The van der Waals surface area contributed by atoms with E-state index in [0.717, 1.165) is 32.3 Å². The van der Waals surface area contributed by atoms with Crippen molar-refractivity contribution < 1.29 is 4.43 Å². The molecule has 0 amide bonds. The highest BCUT2D eigenvalue weighted by Gasteiger charge is 2.41. The number of hydrogen-bond acceptors (Lipinski definition) is 1. The van der Waals surface area contributed by atoms with Crippen LogP contribution in [0, 0.1) is 0 Å². The predicted molar refractivity (Wildman–Crippen MR) is 128 cm³/mol. The van der Waals surface area contributed by atoms with Crippen molar-refractivity contribution in [3.8, 4) is 0 Å². The summed E-state index contributed by atoms with van der Waals surface area (Å²) >= 11 is 0. The maximum absolute atomic E-state index is 6.90. The third kappa shape index (κ3) is 4.54. The van der Waals surface area contributed by atoms with E-state index >= 15 is 0 Å². The SMILES string of the molecule is CCCO[Si](c1ccc(CC)cc1)(c1ccc(CC)cc1)c1ccc(CC)cc1. The monoisotopic (exact) mass is 402 g/mol. The molecule has 3 rings (SSSR count). The summed E-state index contributed by atoms with van der Waals surface area (Å²) in [5.41, 5.74) is 4.11. The van der Waals surface area contributed by atoms with Crippen molar-refractivity contribution in [2.45, 2.75) is 53.4 Å². The van der Waals surface area contributed by atoms with Crippen LogP contribution in [0.25, 0.3) is 0 Å². The van der Waals surface area contributed by atoms with Gasteiger partial charge in [0.25, 0.3) is 8.32 Å². The lowest BCUT2D eigenvalue weighted by Gasteiger charge is -2.33. The first-order valence-corrected chi connectivity index (χ1v) is 13.0. The van der Waals surface area contributed by atoms with Gasteiger partial charge in [-0.3, -0.25) is 0 Å². The normalized spacial score (nSPS) is 11.6. The smallest absolute Gasteiger partial charge is 0.288 e. The van der Waals surface area contributed by atoms with Gasteiger partial charge in [-0.05, 0) is 57.9 Å². The standard InChI is InChI=1S/C27H34OSi/c1-5-21-28-29(25-15-9-22(6-2)10-16-25,26-17-11-23(7-3)12-18-26)27-19-13-24(8-4)14-20-27/h9-20H,5-8,21H2,1-4H3. The molecule has 0 aromatic heterocycles. The average molecular weight is 403 g/mol. The molecule has 29 heavy (non-hydrogen) atoms. The Hall–Kier alpha value is -2.16. The predicted octanol–water partition coefficient (Wildman–Crippen LogP) is 4.77. The highest BCUT2D eigenvalue weighted by molar-refractivity contribution is 7.07. The average Bonchev–Trinajstić information content (AvgIpc) is 2.80. The van der Waals surface area contributed by atoms with Gasteiger partial charge >= 0.3 is 0 Å². The number of hydrogen-bond donors (Lipinski definition) is 0. The molecule has 0 radical (unpaired) electrons. The molecule has 0 saturated carbocycles. The zero-order valence-corrected chi connectivity index (χ0v) is 19.4. The second-order valence-corrected chi connectivity index (χ2v) is 11.1. The second-order valence-electron chi connectivity index (χ2n) is 7.68. The van der Waals surface area contributed by atoms with E-state index in [1.165, 1.54) is 32.3 Å². The molecular formula is C27H34OSi. The van der Waals surface area contributed by atoms with Crippen LogP contribution in [0.15, 0.2) is 72.8 Å². The van der Waals surface area contributed by atoms with Gasteiger partial charge in [0.2, 0.25) is 0 Å². The number of rotatable bonds is 9. The molecule has 0 aliphatic heterocycles. The first-order valence-electron chi connectivity index (χ1n) is 11.1. The molecule has 1 nitrogen and oxygen atoms in total. The topological polar surface area (TPSA) is 9.23 Å². The van der Waals surface area contributed by atoms with Crippen LogP contribution in [0.5, 0.6) is 0 Å². The largest absolute Gasteiger partial charge is 0.404 e. The third-order valence-electron chi connectivity index (χ3n) is 5.83. The van der Waals surface area contributed by atoms with Gasteiger partial charge in [0, 0.05) is 6.61 Å². The van der Waals surface area contributed by atoms with Crippen LogP contribution < -0.4 is 15.6 Å². The van der Waals surface area contributed by atoms with Crippen LogP contribution >= 0.6 is 0 Å². The van der Waals surface area contributed by atoms with Gasteiger partial charge < -0.3 is 4.43 Å². The minimum absolute atomic E-state index is 0.771. The van der Waals surface area contributed by atoms with Gasteiger partial charge in [-0.1, -0.05) is 100 Å². The summed E-state index contributed by atoms with van der Waals surface area (Å²) < 4.78 is 6.90. The van der Waals surface area contributed by atoms with E-state index in [1.54, 1.807) is 0 Å². The van der Waals surface area contributed by atoms with Gasteiger partial charge in [0.05, 0.1) is 0 Å². The Morgan fingerprint density at radius 1 is 0.517 bits per heavy atom. The Bertz CT molecular complexity index is 764. The summed E-state index contributed by atoms with van der Waals surface area (Å²) in [6, 6.07) is 27.5. The number of aryl methyl sites for hydroxylation is 3. The van der Waals surface area contributed by atoms with Crippen molar-refractivity contribution in [3.05, 3.63) is 89.5 Å². The second kappa shape index (κ2) is 10.0. The first-order chi connectivity index (χ1) is 14.2. The van der Waals surface area contributed by atoms with E-state index in [1.807, 2.05) is 0 Å². The summed E-state index contributed by atoms with van der Waals surface area (Å²) in [6.45, 7) is 9.59. The van der Waals surface area contributed by atoms with Gasteiger partial charge in [-0.15, -0.1) is 0 Å². The zero-order chi connectivity index (χ0) is 20.7. The Morgan fingerprint density at radius 2 is 0.828 bits per heavy atom. The molecule has 152 valence electrons. The van der Waals surface area contributed by atoms with Crippen molar-refractivity contribution in [2.24, 2.45) is 0 Å². The van der Waals surface area contributed by atoms with E-state index in [0.29, 0.717) is 0 Å². The Labute approximate surface area is 177 Å². The summed E-state index contributed by atoms with van der Waals surface area (Å²) in [4.78, 5) is 0. The lowest BCUT2D eigenvalue weighted by Crippen LogP contribution is -2.69. The highest BCUT2D eigenvalue weighted by atomic mass is 28.4. The summed E-state index contributed by atoms with van der Waals surface area (Å²) in [7, 11) is -2.55. The third-order valence-corrected chi connectivity index (χ3v) is 9.91. The van der Waals surface area contributed by atoms with Gasteiger partial charge in [-0.2, -0.15) is 0 Å². The van der Waals surface area contributed by atoms with E-state index in [4.69, 9.17) is 4.43 Å². The molecule has 0 heterocycles. The highest BCUT2D eigenvalue weighted by Crippen LogP contribution is 2.13. The molecule has 0 saturated heterocycles. The molecule has 0 bridgehead atoms. The lowest BCUT2D eigenvalue weighted by atomic mass is 10.2. The molecule has 3 aromatic rings. The molecule has 0 aliphatic carbocycles. The van der Waals surface area contributed by atoms with Crippen LogP contribution in [-0.4, -0.2) is 14.9 Å². The van der Waals surface area contributed by atoms with E-state index < -0.39 is 8.32 Å². The Balaban J connectivity index is 2.23. The van der Waals surface area contributed by atoms with Crippen molar-refractivity contribution in [3.63, 3.8) is 0 Å². The van der Waals surface area contributed by atoms with E-state index in [-0.39, 0.29) is 0 Å². The maximum atomic E-state index is 6.90. The zero-order valence-electron chi connectivity index (χ0n) is 18.4. The van der Waals surface area contributed by atoms with Crippen LogP contribution in [0.4, 0.5) is 0 Å². The molecule has 0 fully saturated rings. The van der Waals surface area contributed by atoms with Crippen molar-refractivity contribution >= 4 is 23.9 Å². The minimum atomic E-state index is -2.55. The molecular weight excluding hydrogens is 368 g/mol.